The van der Waals surface area contributed by atoms with Gasteiger partial charge in [-0.3, -0.25) is 19.4 Å². The number of aliphatic carboxylic acids is 2. The van der Waals surface area contributed by atoms with Gasteiger partial charge in [-0.1, -0.05) is 92.5 Å². The molecular weight excluding hydrogens is 898 g/mol. The van der Waals surface area contributed by atoms with Gasteiger partial charge < -0.3 is 21.7 Å². The Morgan fingerprint density at radius 2 is 0.895 bits per heavy atom. The maximum absolute atomic E-state index is 14.7. The molecule has 0 saturated carbocycles. The first-order valence-electron chi connectivity index (χ1n) is 17.2. The molecule has 0 aromatic heterocycles. The van der Waals surface area contributed by atoms with Crippen LogP contribution in [0.4, 0.5) is 31.1 Å². The zero-order valence-corrected chi connectivity index (χ0v) is 33.2. The van der Waals surface area contributed by atoms with Crippen LogP contribution in [-0.2, 0) is 32.0 Å². The van der Waals surface area contributed by atoms with Crippen molar-refractivity contribution < 1.29 is 60.5 Å². The molecule has 0 atom stereocenters. The number of imide groups is 2. The summed E-state index contributed by atoms with van der Waals surface area (Å²) in [7, 11) is 0. The van der Waals surface area contributed by atoms with Crippen LogP contribution >= 0.6 is 31.9 Å². The van der Waals surface area contributed by atoms with E-state index in [4.69, 9.17) is 31.3 Å². The second kappa shape index (κ2) is 20.2. The van der Waals surface area contributed by atoms with Crippen LogP contribution in [0.15, 0.2) is 81.7 Å². The highest BCUT2D eigenvalue weighted by molar-refractivity contribution is 9.11. The van der Waals surface area contributed by atoms with Crippen LogP contribution in [0.3, 0.4) is 0 Å². The first-order valence-corrected chi connectivity index (χ1v) is 18.8. The van der Waals surface area contributed by atoms with Gasteiger partial charge in [0.2, 0.25) is 11.8 Å². The molecule has 0 radical (unpaired) electrons. The van der Waals surface area contributed by atoms with Crippen LogP contribution in [0.2, 0.25) is 0 Å². The van der Waals surface area contributed by atoms with Crippen molar-refractivity contribution >= 4 is 83.2 Å². The highest BCUT2D eigenvalue weighted by Gasteiger charge is 2.57. The van der Waals surface area contributed by atoms with Crippen molar-refractivity contribution in [1.82, 2.24) is 9.80 Å². The number of benzene rings is 4. The molecule has 19 heteroatoms. The molecule has 1 saturated heterocycles. The first kappa shape index (κ1) is 46.8. The van der Waals surface area contributed by atoms with Crippen molar-refractivity contribution in [3.63, 3.8) is 0 Å². The minimum absolute atomic E-state index is 0.150. The number of rotatable bonds is 12. The third-order valence-electron chi connectivity index (χ3n) is 8.83. The van der Waals surface area contributed by atoms with Crippen molar-refractivity contribution in [1.29, 1.82) is 0 Å². The standard InChI is InChI=1S/C34H36Br2N4O3.2C2HF3O2/c35-29-15-13-23(25-9-1-3-11-27(25)29)21-34(22-24-14-16-30(36)28-12-4-2-10-26(24)28)31(41)39(19-7-5-17-37)33(43)40(32(34)42)20-8-6-18-38;2*3-2(4,5)1(6)7/h1-4,9-16H,5-8,17-22,37-38H2;2*(H,6,7). The number of nitrogens with zero attached hydrogens (tertiary/aromatic N) is 2. The van der Waals surface area contributed by atoms with Gasteiger partial charge in [-0.15, -0.1) is 0 Å². The lowest BCUT2D eigenvalue weighted by Crippen LogP contribution is -2.66. The van der Waals surface area contributed by atoms with E-state index in [1.807, 2.05) is 72.8 Å². The Morgan fingerprint density at radius 3 is 1.19 bits per heavy atom. The molecule has 5 rings (SSSR count). The summed E-state index contributed by atoms with van der Waals surface area (Å²) in [6.07, 6.45) is -7.40. The fraction of sp³-hybridized carbons (Fsp3) is 0.342. The van der Waals surface area contributed by atoms with E-state index in [-0.39, 0.29) is 25.9 Å². The second-order valence-electron chi connectivity index (χ2n) is 12.7. The van der Waals surface area contributed by atoms with Gasteiger partial charge in [0.25, 0.3) is 0 Å². The van der Waals surface area contributed by atoms with E-state index < -0.39 is 47.6 Å². The van der Waals surface area contributed by atoms with E-state index in [9.17, 15) is 40.7 Å². The molecule has 4 amide bonds. The quantitative estimate of drug-likeness (QED) is 0.0625. The number of hydrogen-bond acceptors (Lipinski definition) is 7. The molecule has 0 bridgehead atoms. The number of carboxylic acid groups (broad SMARTS) is 2. The maximum atomic E-state index is 14.7. The highest BCUT2D eigenvalue weighted by atomic mass is 79.9. The average molecular weight is 937 g/mol. The van der Waals surface area contributed by atoms with E-state index in [1.54, 1.807) is 0 Å². The van der Waals surface area contributed by atoms with E-state index in [0.717, 1.165) is 41.6 Å². The van der Waals surface area contributed by atoms with Gasteiger partial charge >= 0.3 is 30.3 Å². The number of urea groups is 1. The van der Waals surface area contributed by atoms with Crippen molar-refractivity contribution in [2.45, 2.75) is 50.9 Å². The summed E-state index contributed by atoms with van der Waals surface area (Å²) in [5.74, 6) is -6.41. The summed E-state index contributed by atoms with van der Waals surface area (Å²) >= 11 is 7.32. The van der Waals surface area contributed by atoms with Gasteiger partial charge in [0.1, 0.15) is 5.41 Å². The van der Waals surface area contributed by atoms with Gasteiger partial charge in [0.05, 0.1) is 0 Å². The Balaban J connectivity index is 0.000000531. The molecule has 4 aromatic rings. The summed E-state index contributed by atoms with van der Waals surface area (Å²) in [4.78, 5) is 63.6. The van der Waals surface area contributed by atoms with Crippen LogP contribution in [0.5, 0.6) is 0 Å². The number of carbonyl (C=O) groups excluding carboxylic acids is 3. The molecule has 1 heterocycles. The Labute approximate surface area is 339 Å². The third-order valence-corrected chi connectivity index (χ3v) is 10.2. The predicted octanol–water partition coefficient (Wildman–Crippen LogP) is 7.82. The van der Waals surface area contributed by atoms with Gasteiger partial charge in [-0.2, -0.15) is 26.3 Å². The molecule has 4 aromatic carbocycles. The normalized spacial score (nSPS) is 14.2. The van der Waals surface area contributed by atoms with Crippen LogP contribution in [0.1, 0.15) is 36.8 Å². The lowest BCUT2D eigenvalue weighted by molar-refractivity contribution is -0.193. The van der Waals surface area contributed by atoms with Crippen LogP contribution in [-0.4, -0.2) is 88.3 Å². The molecule has 0 aliphatic carbocycles. The molecule has 0 unspecified atom stereocenters. The van der Waals surface area contributed by atoms with E-state index >= 15 is 0 Å². The van der Waals surface area contributed by atoms with Crippen molar-refractivity contribution in [3.05, 3.63) is 92.9 Å². The highest BCUT2D eigenvalue weighted by Crippen LogP contribution is 2.41. The molecule has 1 aliphatic rings. The number of amides is 4. The molecule has 308 valence electrons. The van der Waals surface area contributed by atoms with Crippen molar-refractivity contribution in [2.24, 2.45) is 16.9 Å². The molecule has 6 N–H and O–H groups in total. The second-order valence-corrected chi connectivity index (χ2v) is 14.4. The van der Waals surface area contributed by atoms with Gasteiger partial charge in [0.15, 0.2) is 0 Å². The number of halogens is 8. The molecular formula is C38H38Br2F6N4O7. The summed E-state index contributed by atoms with van der Waals surface area (Å²) in [5, 5.41) is 18.2. The lowest BCUT2D eigenvalue weighted by atomic mass is 9.71. The number of alkyl halides is 6. The number of carboxylic acids is 2. The average Bonchev–Trinajstić information content (AvgIpc) is 3.16. The Kier molecular flexibility index (Phi) is 16.6. The summed E-state index contributed by atoms with van der Waals surface area (Å²) in [6.45, 7) is 1.32. The predicted molar refractivity (Wildman–Crippen MR) is 206 cm³/mol. The monoisotopic (exact) mass is 934 g/mol. The molecule has 57 heavy (non-hydrogen) atoms. The first-order chi connectivity index (χ1) is 26.7. The molecule has 1 fully saturated rings. The summed E-state index contributed by atoms with van der Waals surface area (Å²) in [5.41, 5.74) is 11.7. The van der Waals surface area contributed by atoms with E-state index in [2.05, 4.69) is 31.9 Å². The topological polar surface area (TPSA) is 184 Å². The van der Waals surface area contributed by atoms with Crippen molar-refractivity contribution in [3.8, 4) is 0 Å². The molecule has 11 nitrogen and oxygen atoms in total. The van der Waals surface area contributed by atoms with Crippen molar-refractivity contribution in [2.75, 3.05) is 26.2 Å². The zero-order chi connectivity index (χ0) is 42.7. The van der Waals surface area contributed by atoms with Gasteiger partial charge in [0, 0.05) is 22.0 Å². The molecule has 0 spiro atoms. The Bertz CT molecular complexity index is 1950. The van der Waals surface area contributed by atoms with Gasteiger partial charge in [-0.05, 0) is 96.4 Å². The number of unbranched alkanes of at least 4 members (excludes halogenated alkanes) is 2. The summed E-state index contributed by atoms with van der Waals surface area (Å²) in [6, 6.07) is 23.2. The van der Waals surface area contributed by atoms with Crippen LogP contribution < -0.4 is 11.5 Å². The van der Waals surface area contributed by atoms with E-state index in [0.29, 0.717) is 38.8 Å². The van der Waals surface area contributed by atoms with Gasteiger partial charge in [-0.25, -0.2) is 14.4 Å². The smallest absolute Gasteiger partial charge is 0.475 e. The molecule has 1 aliphatic heterocycles. The summed E-state index contributed by atoms with van der Waals surface area (Å²) < 4.78 is 65.3. The number of hydrogen-bond donors (Lipinski definition) is 4. The number of fused-ring (bicyclic) bond motifs is 2. The lowest BCUT2D eigenvalue weighted by Gasteiger charge is -2.44. The van der Waals surface area contributed by atoms with Crippen LogP contribution in [0.25, 0.3) is 21.5 Å². The largest absolute Gasteiger partial charge is 0.490 e. The number of nitrogens with two attached hydrogens (primary N) is 2. The Hall–Kier alpha value is -4.59. The zero-order valence-electron chi connectivity index (χ0n) is 30.0. The number of barbiturate groups is 1. The minimum atomic E-state index is -5.08. The minimum Gasteiger partial charge on any atom is -0.475 e. The Morgan fingerprint density at radius 1 is 0.579 bits per heavy atom. The van der Waals surface area contributed by atoms with E-state index in [1.165, 1.54) is 9.80 Å². The maximum Gasteiger partial charge on any atom is 0.490 e. The number of carbonyl (C=O) groups is 5. The van der Waals surface area contributed by atoms with Crippen LogP contribution in [0, 0.1) is 5.41 Å². The SMILES string of the molecule is NCCCCN1C(=O)N(CCCCN)C(=O)C(Cc2ccc(Br)c3ccccc23)(Cc2ccc(Br)c3ccccc23)C1=O.O=C(O)C(F)(F)F.O=C(O)C(F)(F)F. The fourth-order valence-corrected chi connectivity index (χ4v) is 7.08. The fourth-order valence-electron chi connectivity index (χ4n) is 6.12. The third kappa shape index (κ3) is 11.7.